The number of carbonyl (C=O) groups is 1. The third-order valence-electron chi connectivity index (χ3n) is 4.55. The average Bonchev–Trinajstić information content (AvgIpc) is 2.74. The summed E-state index contributed by atoms with van der Waals surface area (Å²) in [6.07, 6.45) is 4.40. The second-order valence-corrected chi connectivity index (χ2v) is 10.3. The van der Waals surface area contributed by atoms with Gasteiger partial charge in [0.2, 0.25) is 0 Å². The largest absolute Gasteiger partial charge is 0.508 e. The van der Waals surface area contributed by atoms with E-state index in [1.165, 1.54) is 24.4 Å². The molecule has 0 radical (unpaired) electrons. The van der Waals surface area contributed by atoms with Crippen LogP contribution in [0.15, 0.2) is 65.7 Å². The third kappa shape index (κ3) is 6.82. The van der Waals surface area contributed by atoms with Crippen molar-refractivity contribution in [3.63, 3.8) is 0 Å². The molecule has 8 nitrogen and oxygen atoms in total. The van der Waals surface area contributed by atoms with Crippen LogP contribution < -0.4 is 10.0 Å². The van der Waals surface area contributed by atoms with Crippen molar-refractivity contribution >= 4 is 39.8 Å². The SMILES string of the molecule is Cc1cc(C=Cc2ccc(S(=O)(=O)Nc3ccccn3)cc2)c(NC(=O)OC(C)(C)C)cc1O. The number of hydrogen-bond donors (Lipinski definition) is 3. The van der Waals surface area contributed by atoms with Gasteiger partial charge in [0.15, 0.2) is 0 Å². The second-order valence-electron chi connectivity index (χ2n) is 8.58. The van der Waals surface area contributed by atoms with Gasteiger partial charge in [0.1, 0.15) is 17.2 Å². The summed E-state index contributed by atoms with van der Waals surface area (Å²) >= 11 is 0. The second kappa shape index (κ2) is 9.96. The Balaban J connectivity index is 1.80. The molecule has 1 amide bonds. The lowest BCUT2D eigenvalue weighted by Crippen LogP contribution is -2.27. The molecule has 3 rings (SSSR count). The van der Waals surface area contributed by atoms with Crippen molar-refractivity contribution in [2.75, 3.05) is 10.0 Å². The lowest BCUT2D eigenvalue weighted by Gasteiger charge is -2.20. The van der Waals surface area contributed by atoms with Gasteiger partial charge < -0.3 is 9.84 Å². The number of hydrogen-bond acceptors (Lipinski definition) is 6. The molecule has 0 bridgehead atoms. The van der Waals surface area contributed by atoms with Gasteiger partial charge in [-0.2, -0.15) is 0 Å². The van der Waals surface area contributed by atoms with Crippen LogP contribution >= 0.6 is 0 Å². The number of phenols is 1. The first kappa shape index (κ1) is 24.8. The number of aromatic nitrogens is 1. The Morgan fingerprint density at radius 3 is 2.38 bits per heavy atom. The number of anilines is 2. The molecule has 0 aliphatic carbocycles. The molecule has 1 aromatic heterocycles. The van der Waals surface area contributed by atoms with Gasteiger partial charge in [0.05, 0.1) is 10.6 Å². The summed E-state index contributed by atoms with van der Waals surface area (Å²) in [6, 6.07) is 14.5. The van der Waals surface area contributed by atoms with Crippen LogP contribution in [0, 0.1) is 6.92 Å². The van der Waals surface area contributed by atoms with Crippen LogP contribution in [0.4, 0.5) is 16.3 Å². The van der Waals surface area contributed by atoms with E-state index in [0.717, 1.165) is 5.56 Å². The number of aromatic hydroxyl groups is 1. The molecule has 9 heteroatoms. The first-order chi connectivity index (χ1) is 15.9. The molecule has 3 aromatic rings. The summed E-state index contributed by atoms with van der Waals surface area (Å²) in [5.41, 5.74) is 1.74. The molecule has 0 saturated heterocycles. The van der Waals surface area contributed by atoms with Crippen LogP contribution in [0.3, 0.4) is 0 Å². The Kier molecular flexibility index (Phi) is 7.26. The minimum Gasteiger partial charge on any atom is -0.508 e. The highest BCUT2D eigenvalue weighted by Crippen LogP contribution is 2.28. The lowest BCUT2D eigenvalue weighted by molar-refractivity contribution is 0.0636. The fraction of sp³-hybridized carbons (Fsp3) is 0.200. The molecule has 1 heterocycles. The number of carbonyl (C=O) groups excluding carboxylic acids is 1. The van der Waals surface area contributed by atoms with E-state index < -0.39 is 21.7 Å². The average molecular weight is 482 g/mol. The van der Waals surface area contributed by atoms with Crippen molar-refractivity contribution in [2.24, 2.45) is 0 Å². The summed E-state index contributed by atoms with van der Waals surface area (Å²) in [6.45, 7) is 7.03. The fourth-order valence-electron chi connectivity index (χ4n) is 2.94. The number of benzene rings is 2. The molecule has 178 valence electrons. The molecule has 0 saturated carbocycles. The van der Waals surface area contributed by atoms with E-state index in [2.05, 4.69) is 15.0 Å². The Labute approximate surface area is 199 Å². The topological polar surface area (TPSA) is 118 Å². The van der Waals surface area contributed by atoms with Crippen LogP contribution in [-0.2, 0) is 14.8 Å². The zero-order valence-electron chi connectivity index (χ0n) is 19.4. The van der Waals surface area contributed by atoms with Crippen molar-refractivity contribution in [2.45, 2.75) is 38.2 Å². The molecular formula is C25H27N3O5S. The predicted octanol–water partition coefficient (Wildman–Crippen LogP) is 5.41. The zero-order valence-corrected chi connectivity index (χ0v) is 20.2. The van der Waals surface area contributed by atoms with E-state index >= 15 is 0 Å². The van der Waals surface area contributed by atoms with Gasteiger partial charge in [-0.05, 0) is 74.7 Å². The van der Waals surface area contributed by atoms with E-state index in [1.807, 2.05) is 0 Å². The molecule has 0 spiro atoms. The van der Waals surface area contributed by atoms with Gasteiger partial charge in [0.25, 0.3) is 10.0 Å². The Bertz CT molecular complexity index is 1300. The lowest BCUT2D eigenvalue weighted by atomic mass is 10.1. The van der Waals surface area contributed by atoms with E-state index in [-0.39, 0.29) is 16.5 Å². The van der Waals surface area contributed by atoms with Crippen molar-refractivity contribution < 1.29 is 23.1 Å². The molecule has 0 unspecified atom stereocenters. The number of phenolic OH excluding ortho intramolecular Hbond substituents is 1. The van der Waals surface area contributed by atoms with Gasteiger partial charge in [-0.25, -0.2) is 18.2 Å². The van der Waals surface area contributed by atoms with E-state index in [1.54, 1.807) is 76.2 Å². The van der Waals surface area contributed by atoms with Gasteiger partial charge >= 0.3 is 6.09 Å². The standard InChI is InChI=1S/C25H27N3O5S/c1-17-15-19(21(16-22(17)29)27-24(30)33-25(2,3)4)11-8-18-9-12-20(13-10-18)34(31,32)28-23-7-5-6-14-26-23/h5-16,29H,1-4H3,(H,26,28)(H,27,30). The Morgan fingerprint density at radius 2 is 1.76 bits per heavy atom. The highest BCUT2D eigenvalue weighted by Gasteiger charge is 2.18. The number of nitrogens with zero attached hydrogens (tertiary/aromatic N) is 1. The number of amides is 1. The summed E-state index contributed by atoms with van der Waals surface area (Å²) in [7, 11) is -3.77. The van der Waals surface area contributed by atoms with E-state index in [9.17, 15) is 18.3 Å². The molecule has 0 atom stereocenters. The summed E-state index contributed by atoms with van der Waals surface area (Å²) in [5, 5.41) is 12.7. The van der Waals surface area contributed by atoms with Gasteiger partial charge in [-0.3, -0.25) is 10.0 Å². The molecule has 0 aliphatic heterocycles. The molecule has 3 N–H and O–H groups in total. The van der Waals surface area contributed by atoms with Gasteiger partial charge in [0, 0.05) is 12.3 Å². The normalized spacial score (nSPS) is 11.9. The van der Waals surface area contributed by atoms with Crippen molar-refractivity contribution in [1.29, 1.82) is 0 Å². The molecule has 0 aliphatic rings. The highest BCUT2D eigenvalue weighted by atomic mass is 32.2. The van der Waals surface area contributed by atoms with Gasteiger partial charge in [-0.15, -0.1) is 0 Å². The third-order valence-corrected chi connectivity index (χ3v) is 5.92. The maximum Gasteiger partial charge on any atom is 0.412 e. The number of ether oxygens (including phenoxy) is 1. The van der Waals surface area contributed by atoms with Crippen LogP contribution in [0.5, 0.6) is 5.75 Å². The summed E-state index contributed by atoms with van der Waals surface area (Å²) in [5.74, 6) is 0.275. The van der Waals surface area contributed by atoms with E-state index in [0.29, 0.717) is 16.8 Å². The zero-order chi connectivity index (χ0) is 24.9. The summed E-state index contributed by atoms with van der Waals surface area (Å²) in [4.78, 5) is 16.3. The quantitative estimate of drug-likeness (QED) is 0.405. The minimum absolute atomic E-state index is 0.0400. The monoisotopic (exact) mass is 481 g/mol. The van der Waals surface area contributed by atoms with Crippen LogP contribution in [0.25, 0.3) is 12.2 Å². The molecule has 34 heavy (non-hydrogen) atoms. The first-order valence-corrected chi connectivity index (χ1v) is 12.0. The fourth-order valence-corrected chi connectivity index (χ4v) is 3.95. The van der Waals surface area contributed by atoms with Crippen molar-refractivity contribution in [1.82, 2.24) is 4.98 Å². The highest BCUT2D eigenvalue weighted by molar-refractivity contribution is 7.92. The van der Waals surface area contributed by atoms with E-state index in [4.69, 9.17) is 4.74 Å². The summed E-state index contributed by atoms with van der Waals surface area (Å²) < 4.78 is 32.9. The maximum atomic E-state index is 12.6. The number of nitrogens with one attached hydrogen (secondary N) is 2. The van der Waals surface area contributed by atoms with Crippen molar-refractivity contribution in [3.8, 4) is 5.75 Å². The van der Waals surface area contributed by atoms with Gasteiger partial charge in [-0.1, -0.05) is 30.4 Å². The predicted molar refractivity (Wildman–Crippen MR) is 133 cm³/mol. The van der Waals surface area contributed by atoms with Crippen LogP contribution in [0.2, 0.25) is 0 Å². The minimum atomic E-state index is -3.77. The first-order valence-electron chi connectivity index (χ1n) is 10.5. The maximum absolute atomic E-state index is 12.6. The molecular weight excluding hydrogens is 454 g/mol. The smallest absolute Gasteiger partial charge is 0.412 e. The number of rotatable bonds is 6. The Morgan fingerprint density at radius 1 is 1.06 bits per heavy atom. The number of sulfonamides is 1. The van der Waals surface area contributed by atoms with Crippen molar-refractivity contribution in [3.05, 3.63) is 77.5 Å². The number of pyridine rings is 1. The number of aryl methyl sites for hydroxylation is 1. The van der Waals surface area contributed by atoms with Crippen LogP contribution in [-0.4, -0.2) is 30.2 Å². The Hall–Kier alpha value is -3.85. The van der Waals surface area contributed by atoms with Crippen LogP contribution in [0.1, 0.15) is 37.5 Å². The molecule has 0 fully saturated rings. The molecule has 2 aromatic carbocycles.